The van der Waals surface area contributed by atoms with E-state index in [0.717, 1.165) is 19.3 Å². The van der Waals surface area contributed by atoms with E-state index in [1.807, 2.05) is 26.8 Å². The van der Waals surface area contributed by atoms with E-state index in [1.54, 1.807) is 11.0 Å². The monoisotopic (exact) mass is 343 g/mol. The highest BCUT2D eigenvalue weighted by Gasteiger charge is 2.39. The van der Waals surface area contributed by atoms with E-state index in [-0.39, 0.29) is 22.1 Å². The van der Waals surface area contributed by atoms with Crippen LogP contribution < -0.4 is 0 Å². The molecule has 1 unspecified atom stereocenters. The molecule has 1 atom stereocenters. The lowest BCUT2D eigenvalue weighted by molar-refractivity contribution is -0.115. The van der Waals surface area contributed by atoms with E-state index in [4.69, 9.17) is 4.74 Å². The van der Waals surface area contributed by atoms with Gasteiger partial charge in [-0.2, -0.15) is 0 Å². The van der Waals surface area contributed by atoms with E-state index < -0.39 is 5.60 Å². The second-order valence-electron chi connectivity index (χ2n) is 6.74. The number of nitrogens with zero attached hydrogens (tertiary/aromatic N) is 1. The Morgan fingerprint density at radius 1 is 1.40 bits per heavy atom. The van der Waals surface area contributed by atoms with Gasteiger partial charge in [0.25, 0.3) is 0 Å². The molecule has 0 radical (unpaired) electrons. The number of hydrogen-bond acceptors (Lipinski definition) is 3. The number of ether oxygens (including phenoxy) is 1. The zero-order valence-corrected chi connectivity index (χ0v) is 13.9. The molecule has 112 valence electrons. The van der Waals surface area contributed by atoms with Crippen LogP contribution in [0.3, 0.4) is 0 Å². The van der Waals surface area contributed by atoms with Gasteiger partial charge in [0.1, 0.15) is 5.60 Å². The van der Waals surface area contributed by atoms with Crippen molar-refractivity contribution in [2.24, 2.45) is 5.41 Å². The van der Waals surface area contributed by atoms with Gasteiger partial charge in [0.05, 0.1) is 4.83 Å². The van der Waals surface area contributed by atoms with Crippen molar-refractivity contribution in [1.82, 2.24) is 4.90 Å². The number of carbonyl (C=O) groups excluding carboxylic acids is 2. The molecule has 1 aliphatic carbocycles. The molecular weight excluding hydrogens is 322 g/mol. The summed E-state index contributed by atoms with van der Waals surface area (Å²) in [6.07, 6.45) is 6.09. The molecule has 1 amide bonds. The van der Waals surface area contributed by atoms with Crippen molar-refractivity contribution in [2.75, 3.05) is 13.1 Å². The molecule has 2 aliphatic rings. The minimum atomic E-state index is -0.454. The summed E-state index contributed by atoms with van der Waals surface area (Å²) in [5, 5.41) is 0. The lowest BCUT2D eigenvalue weighted by atomic mass is 9.72. The summed E-state index contributed by atoms with van der Waals surface area (Å²) in [7, 11) is 0. The number of ketones is 1. The first kappa shape index (κ1) is 15.5. The average Bonchev–Trinajstić information content (AvgIpc) is 2.33. The van der Waals surface area contributed by atoms with Crippen molar-refractivity contribution in [2.45, 2.75) is 50.5 Å². The minimum Gasteiger partial charge on any atom is -0.444 e. The van der Waals surface area contributed by atoms with Crippen LogP contribution in [0.15, 0.2) is 12.2 Å². The van der Waals surface area contributed by atoms with Crippen molar-refractivity contribution in [3.63, 3.8) is 0 Å². The molecule has 1 fully saturated rings. The number of carbonyl (C=O) groups is 2. The van der Waals surface area contributed by atoms with Gasteiger partial charge < -0.3 is 9.64 Å². The van der Waals surface area contributed by atoms with Gasteiger partial charge in [-0.1, -0.05) is 22.0 Å². The predicted molar refractivity (Wildman–Crippen MR) is 81.0 cm³/mol. The molecule has 1 heterocycles. The summed E-state index contributed by atoms with van der Waals surface area (Å²) in [4.78, 5) is 25.2. The number of halogens is 1. The fourth-order valence-corrected chi connectivity index (χ4v) is 3.52. The Kier molecular flexibility index (Phi) is 4.28. The average molecular weight is 344 g/mol. The number of hydrogen-bond donors (Lipinski definition) is 0. The zero-order chi connectivity index (χ0) is 15.0. The molecule has 0 bridgehead atoms. The van der Waals surface area contributed by atoms with Crippen LogP contribution in [0, 0.1) is 5.41 Å². The van der Waals surface area contributed by atoms with Crippen molar-refractivity contribution in [3.8, 4) is 0 Å². The topological polar surface area (TPSA) is 46.6 Å². The molecular formula is C15H22BrNO3. The number of allylic oxidation sites excluding steroid dienone is 2. The molecule has 5 heteroatoms. The number of piperidine rings is 1. The molecule has 0 saturated carbocycles. The Morgan fingerprint density at radius 2 is 2.00 bits per heavy atom. The summed E-state index contributed by atoms with van der Waals surface area (Å²) in [6, 6.07) is 0. The standard InChI is InChI=1S/C15H22BrNO3/c1-14(2,3)20-13(19)17-8-6-15(7-9-17)5-4-12(18)11(16)10-15/h4-5,11H,6-10H2,1-3H3. The van der Waals surface area contributed by atoms with E-state index in [1.165, 1.54) is 0 Å². The highest BCUT2D eigenvalue weighted by molar-refractivity contribution is 9.10. The molecule has 1 aliphatic heterocycles. The summed E-state index contributed by atoms with van der Waals surface area (Å²) in [6.45, 7) is 7.00. The maximum Gasteiger partial charge on any atom is 0.410 e. The van der Waals surface area contributed by atoms with Crippen LogP contribution in [0.4, 0.5) is 4.79 Å². The highest BCUT2D eigenvalue weighted by atomic mass is 79.9. The Labute approximate surface area is 128 Å². The van der Waals surface area contributed by atoms with Gasteiger partial charge in [0, 0.05) is 13.1 Å². The summed E-state index contributed by atoms with van der Waals surface area (Å²) < 4.78 is 5.40. The van der Waals surface area contributed by atoms with Crippen LogP contribution >= 0.6 is 15.9 Å². The van der Waals surface area contributed by atoms with Crippen LogP contribution in [-0.2, 0) is 9.53 Å². The van der Waals surface area contributed by atoms with Gasteiger partial charge in [-0.25, -0.2) is 4.79 Å². The third kappa shape index (κ3) is 3.62. The van der Waals surface area contributed by atoms with Crippen molar-refractivity contribution < 1.29 is 14.3 Å². The van der Waals surface area contributed by atoms with Crippen LogP contribution in [0.25, 0.3) is 0 Å². The maximum atomic E-state index is 12.0. The normalized spacial score (nSPS) is 25.9. The lowest BCUT2D eigenvalue weighted by Crippen LogP contribution is -2.46. The van der Waals surface area contributed by atoms with Gasteiger partial charge in [-0.05, 0) is 51.5 Å². The van der Waals surface area contributed by atoms with Crippen molar-refractivity contribution in [1.29, 1.82) is 0 Å². The smallest absolute Gasteiger partial charge is 0.410 e. The van der Waals surface area contributed by atoms with E-state index >= 15 is 0 Å². The Hall–Kier alpha value is -0.840. The third-order valence-electron chi connectivity index (χ3n) is 3.91. The molecule has 1 saturated heterocycles. The van der Waals surface area contributed by atoms with E-state index in [9.17, 15) is 9.59 Å². The number of rotatable bonds is 0. The number of alkyl halides is 1. The maximum absolute atomic E-state index is 12.0. The summed E-state index contributed by atoms with van der Waals surface area (Å²) in [5.41, 5.74) is -0.398. The van der Waals surface area contributed by atoms with Gasteiger partial charge in [0.15, 0.2) is 5.78 Å². The van der Waals surface area contributed by atoms with Crippen LogP contribution in [0.2, 0.25) is 0 Å². The van der Waals surface area contributed by atoms with Crippen molar-refractivity contribution >= 4 is 27.8 Å². The first-order valence-electron chi connectivity index (χ1n) is 7.06. The second kappa shape index (κ2) is 5.51. The largest absolute Gasteiger partial charge is 0.444 e. The highest BCUT2D eigenvalue weighted by Crippen LogP contribution is 2.42. The fraction of sp³-hybridized carbons (Fsp3) is 0.733. The Balaban J connectivity index is 1.94. The number of amides is 1. The molecule has 1 spiro atoms. The molecule has 0 aromatic rings. The third-order valence-corrected chi connectivity index (χ3v) is 4.68. The fourth-order valence-electron chi connectivity index (χ4n) is 2.72. The lowest BCUT2D eigenvalue weighted by Gasteiger charge is -2.42. The van der Waals surface area contributed by atoms with Crippen LogP contribution in [0.5, 0.6) is 0 Å². The molecule has 2 rings (SSSR count). The van der Waals surface area contributed by atoms with Gasteiger partial charge in [-0.3, -0.25) is 4.79 Å². The van der Waals surface area contributed by atoms with Crippen LogP contribution in [0.1, 0.15) is 40.0 Å². The van der Waals surface area contributed by atoms with E-state index in [2.05, 4.69) is 15.9 Å². The molecule has 0 aromatic heterocycles. The predicted octanol–water partition coefficient (Wildman–Crippen LogP) is 3.30. The molecule has 0 N–H and O–H groups in total. The number of likely N-dealkylation sites (tertiary alicyclic amines) is 1. The van der Waals surface area contributed by atoms with Gasteiger partial charge >= 0.3 is 6.09 Å². The van der Waals surface area contributed by atoms with Crippen LogP contribution in [-0.4, -0.2) is 40.3 Å². The quantitative estimate of drug-likeness (QED) is 0.634. The Bertz CT molecular complexity index is 431. The molecule has 0 aromatic carbocycles. The first-order chi connectivity index (χ1) is 9.21. The Morgan fingerprint density at radius 3 is 2.50 bits per heavy atom. The molecule has 20 heavy (non-hydrogen) atoms. The van der Waals surface area contributed by atoms with Gasteiger partial charge in [0.2, 0.25) is 0 Å². The second-order valence-corrected chi connectivity index (χ2v) is 7.84. The SMILES string of the molecule is CC(C)(C)OC(=O)N1CCC2(C=CC(=O)C(Br)C2)CC1. The first-order valence-corrected chi connectivity index (χ1v) is 7.97. The minimum absolute atomic E-state index is 0.0561. The van der Waals surface area contributed by atoms with Gasteiger partial charge in [-0.15, -0.1) is 0 Å². The summed E-state index contributed by atoms with van der Waals surface area (Å²) >= 11 is 3.44. The van der Waals surface area contributed by atoms with E-state index in [0.29, 0.717) is 13.1 Å². The molecule has 4 nitrogen and oxygen atoms in total. The van der Waals surface area contributed by atoms with Crippen molar-refractivity contribution in [3.05, 3.63) is 12.2 Å². The summed E-state index contributed by atoms with van der Waals surface area (Å²) in [5.74, 6) is 0.144. The zero-order valence-electron chi connectivity index (χ0n) is 12.3.